The molecule has 0 spiro atoms. The van der Waals surface area contributed by atoms with Crippen LogP contribution < -0.4 is 5.32 Å². The van der Waals surface area contributed by atoms with Crippen molar-refractivity contribution in [2.75, 3.05) is 5.32 Å². The van der Waals surface area contributed by atoms with Crippen molar-refractivity contribution in [3.05, 3.63) is 36.2 Å². The minimum Gasteiger partial charge on any atom is -0.294 e. The van der Waals surface area contributed by atoms with E-state index in [0.717, 1.165) is 4.90 Å². The number of carbonyl (C=O) groups is 1. The third-order valence-corrected chi connectivity index (χ3v) is 3.47. The van der Waals surface area contributed by atoms with Crippen molar-refractivity contribution >= 4 is 23.6 Å². The smallest absolute Gasteiger partial charge is 0.239 e. The quantitative estimate of drug-likeness (QED) is 0.829. The van der Waals surface area contributed by atoms with Gasteiger partial charge in [-0.2, -0.15) is 10.1 Å². The van der Waals surface area contributed by atoms with Gasteiger partial charge < -0.3 is 0 Å². The van der Waals surface area contributed by atoms with Gasteiger partial charge in [0, 0.05) is 4.90 Å². The van der Waals surface area contributed by atoms with E-state index in [9.17, 15) is 4.79 Å². The fourth-order valence-electron chi connectivity index (χ4n) is 1.36. The molecule has 0 aliphatic carbocycles. The summed E-state index contributed by atoms with van der Waals surface area (Å²) in [6.45, 7) is 3.89. The first kappa shape index (κ1) is 12.6. The topological polar surface area (TPSA) is 70.7 Å². The Morgan fingerprint density at radius 1 is 1.39 bits per heavy atom. The number of carbonyl (C=O) groups excluding carboxylic acids is 1. The predicted octanol–water partition coefficient (Wildman–Crippen LogP) is 2.23. The summed E-state index contributed by atoms with van der Waals surface area (Å²) < 4.78 is 0. The minimum atomic E-state index is -0.196. The molecule has 0 saturated carbocycles. The van der Waals surface area contributed by atoms with Crippen LogP contribution in [0, 0.1) is 6.92 Å². The average Bonchev–Trinajstić information content (AvgIpc) is 2.85. The van der Waals surface area contributed by atoms with E-state index in [2.05, 4.69) is 20.5 Å². The Hall–Kier alpha value is -1.82. The number of nitrogens with zero attached hydrogens (tertiary/aromatic N) is 2. The van der Waals surface area contributed by atoms with Gasteiger partial charge in [0.2, 0.25) is 11.9 Å². The van der Waals surface area contributed by atoms with Crippen LogP contribution >= 0.6 is 11.8 Å². The first-order chi connectivity index (χ1) is 8.65. The highest BCUT2D eigenvalue weighted by atomic mass is 32.2. The number of nitrogens with one attached hydrogen (secondary N) is 2. The van der Waals surface area contributed by atoms with Crippen LogP contribution in [-0.2, 0) is 4.79 Å². The van der Waals surface area contributed by atoms with E-state index in [-0.39, 0.29) is 11.2 Å². The van der Waals surface area contributed by atoms with Crippen LogP contribution in [0.25, 0.3) is 0 Å². The normalized spacial score (nSPS) is 12.1. The number of anilines is 1. The minimum absolute atomic E-state index is 0.0997. The van der Waals surface area contributed by atoms with Gasteiger partial charge in [-0.15, -0.1) is 11.8 Å². The van der Waals surface area contributed by atoms with Crippen molar-refractivity contribution < 1.29 is 4.79 Å². The number of aryl methyl sites for hydroxylation is 1. The Morgan fingerprint density at radius 2 is 2.11 bits per heavy atom. The molecule has 6 heteroatoms. The number of aromatic nitrogens is 3. The van der Waals surface area contributed by atoms with Gasteiger partial charge in [0.15, 0.2) is 0 Å². The molecular weight excluding hydrogens is 248 g/mol. The van der Waals surface area contributed by atoms with Gasteiger partial charge in [0.1, 0.15) is 6.33 Å². The van der Waals surface area contributed by atoms with Gasteiger partial charge in [0.05, 0.1) is 5.25 Å². The van der Waals surface area contributed by atoms with Gasteiger partial charge in [-0.3, -0.25) is 10.1 Å². The number of aromatic amines is 1. The van der Waals surface area contributed by atoms with Gasteiger partial charge in [0.25, 0.3) is 0 Å². The lowest BCUT2D eigenvalue weighted by Crippen LogP contribution is -2.23. The van der Waals surface area contributed by atoms with Crippen molar-refractivity contribution in [3.63, 3.8) is 0 Å². The summed E-state index contributed by atoms with van der Waals surface area (Å²) in [6.07, 6.45) is 1.35. The molecule has 1 heterocycles. The molecule has 0 bridgehead atoms. The highest BCUT2D eigenvalue weighted by Crippen LogP contribution is 2.23. The zero-order chi connectivity index (χ0) is 13.0. The lowest BCUT2D eigenvalue weighted by molar-refractivity contribution is -0.115. The molecule has 2 aromatic rings. The van der Waals surface area contributed by atoms with E-state index < -0.39 is 0 Å². The van der Waals surface area contributed by atoms with Gasteiger partial charge in [-0.25, -0.2) is 5.10 Å². The van der Waals surface area contributed by atoms with Crippen LogP contribution in [-0.4, -0.2) is 26.3 Å². The summed E-state index contributed by atoms with van der Waals surface area (Å²) >= 11 is 1.51. The van der Waals surface area contributed by atoms with E-state index in [1.54, 1.807) is 0 Å². The van der Waals surface area contributed by atoms with Crippen molar-refractivity contribution in [1.29, 1.82) is 0 Å². The highest BCUT2D eigenvalue weighted by molar-refractivity contribution is 8.00. The van der Waals surface area contributed by atoms with E-state index in [1.165, 1.54) is 23.7 Å². The first-order valence-corrected chi connectivity index (χ1v) is 6.42. The van der Waals surface area contributed by atoms with Gasteiger partial charge in [-0.05, 0) is 26.0 Å². The number of amides is 1. The Morgan fingerprint density at radius 3 is 2.72 bits per heavy atom. The van der Waals surface area contributed by atoms with Crippen molar-refractivity contribution in [1.82, 2.24) is 15.2 Å². The largest absolute Gasteiger partial charge is 0.294 e. The highest BCUT2D eigenvalue weighted by Gasteiger charge is 2.15. The Balaban J connectivity index is 1.93. The molecule has 1 aromatic carbocycles. The summed E-state index contributed by atoms with van der Waals surface area (Å²) in [5, 5.41) is 8.73. The zero-order valence-corrected chi connectivity index (χ0v) is 11.0. The van der Waals surface area contributed by atoms with Crippen LogP contribution in [0.4, 0.5) is 5.95 Å². The molecule has 0 unspecified atom stereocenters. The van der Waals surface area contributed by atoms with Crippen molar-refractivity contribution in [2.24, 2.45) is 0 Å². The summed E-state index contributed by atoms with van der Waals surface area (Å²) in [6, 6.07) is 8.09. The number of rotatable bonds is 4. The summed E-state index contributed by atoms with van der Waals surface area (Å²) in [5.41, 5.74) is 1.21. The molecule has 0 saturated heterocycles. The van der Waals surface area contributed by atoms with Crippen LogP contribution in [0.3, 0.4) is 0 Å². The molecule has 0 radical (unpaired) electrons. The lowest BCUT2D eigenvalue weighted by Gasteiger charge is -2.10. The molecule has 0 aliphatic rings. The number of hydrogen-bond acceptors (Lipinski definition) is 4. The Labute approximate surface area is 109 Å². The molecule has 0 aliphatic heterocycles. The molecule has 1 atom stereocenters. The maximum Gasteiger partial charge on any atom is 0.239 e. The fourth-order valence-corrected chi connectivity index (χ4v) is 2.23. The Bertz CT molecular complexity index is 509. The maximum absolute atomic E-state index is 11.9. The number of H-pyrrole nitrogens is 1. The number of benzene rings is 1. The lowest BCUT2D eigenvalue weighted by atomic mass is 10.2. The monoisotopic (exact) mass is 262 g/mol. The van der Waals surface area contributed by atoms with E-state index in [0.29, 0.717) is 5.95 Å². The fraction of sp³-hybridized carbons (Fsp3) is 0.250. The molecular formula is C12H14N4OS. The molecule has 2 N–H and O–H groups in total. The molecule has 1 amide bonds. The molecule has 1 aromatic heterocycles. The molecule has 94 valence electrons. The van der Waals surface area contributed by atoms with Crippen molar-refractivity contribution in [3.8, 4) is 0 Å². The molecule has 0 fully saturated rings. The van der Waals surface area contributed by atoms with Crippen LogP contribution in [0.1, 0.15) is 12.5 Å². The zero-order valence-electron chi connectivity index (χ0n) is 10.2. The molecule has 2 rings (SSSR count). The SMILES string of the molecule is Cc1ccc(S[C@@H](C)C(=O)Nc2ncn[nH]2)cc1. The third-order valence-electron chi connectivity index (χ3n) is 2.36. The van der Waals surface area contributed by atoms with Gasteiger partial charge in [-0.1, -0.05) is 17.7 Å². The number of hydrogen-bond donors (Lipinski definition) is 2. The van der Waals surface area contributed by atoms with E-state index in [4.69, 9.17) is 0 Å². The second kappa shape index (κ2) is 5.68. The number of thioether (sulfide) groups is 1. The predicted molar refractivity (Wildman–Crippen MR) is 71.5 cm³/mol. The van der Waals surface area contributed by atoms with Gasteiger partial charge >= 0.3 is 0 Å². The van der Waals surface area contributed by atoms with Crippen LogP contribution in [0.5, 0.6) is 0 Å². The third kappa shape index (κ3) is 3.33. The van der Waals surface area contributed by atoms with E-state index >= 15 is 0 Å². The molecule has 18 heavy (non-hydrogen) atoms. The summed E-state index contributed by atoms with van der Waals surface area (Å²) in [7, 11) is 0. The first-order valence-electron chi connectivity index (χ1n) is 5.54. The second-order valence-corrected chi connectivity index (χ2v) is 5.31. The van der Waals surface area contributed by atoms with Crippen molar-refractivity contribution in [2.45, 2.75) is 24.0 Å². The molecule has 5 nitrogen and oxygen atoms in total. The maximum atomic E-state index is 11.9. The van der Waals surface area contributed by atoms with Crippen LogP contribution in [0.15, 0.2) is 35.5 Å². The van der Waals surface area contributed by atoms with Crippen LogP contribution in [0.2, 0.25) is 0 Å². The Kier molecular flexibility index (Phi) is 3.99. The standard InChI is InChI=1S/C12H14N4OS/c1-8-3-5-10(6-4-8)18-9(2)11(17)15-12-13-7-14-16-12/h3-7,9H,1-2H3,(H2,13,14,15,16,17)/t9-/m0/s1. The summed E-state index contributed by atoms with van der Waals surface area (Å²) in [5.74, 6) is 0.272. The average molecular weight is 262 g/mol. The summed E-state index contributed by atoms with van der Waals surface area (Å²) in [4.78, 5) is 16.8. The second-order valence-electron chi connectivity index (χ2n) is 3.90. The van der Waals surface area contributed by atoms with E-state index in [1.807, 2.05) is 38.1 Å².